The van der Waals surface area contributed by atoms with Crippen molar-refractivity contribution in [2.24, 2.45) is 0 Å². The molecule has 1 rings (SSSR count). The Bertz CT molecular complexity index is 410. The van der Waals surface area contributed by atoms with Crippen LogP contribution in [-0.2, 0) is 0 Å². The predicted octanol–water partition coefficient (Wildman–Crippen LogP) is 1.93. The van der Waals surface area contributed by atoms with Crippen LogP contribution in [0.1, 0.15) is 23.7 Å². The van der Waals surface area contributed by atoms with Crippen molar-refractivity contribution in [2.75, 3.05) is 5.88 Å². The van der Waals surface area contributed by atoms with Gasteiger partial charge in [-0.2, -0.15) is 0 Å². The molecular weight excluding hydrogens is 246 g/mol. The molecule has 0 amide bonds. The van der Waals surface area contributed by atoms with Gasteiger partial charge in [0, 0.05) is 18.0 Å². The van der Waals surface area contributed by atoms with Crippen LogP contribution in [0.25, 0.3) is 0 Å². The lowest BCUT2D eigenvalue weighted by Crippen LogP contribution is -2.18. The van der Waals surface area contributed by atoms with E-state index in [-0.39, 0.29) is 18.0 Å². The molecule has 0 bridgehead atoms. The van der Waals surface area contributed by atoms with E-state index in [9.17, 15) is 20.3 Å². The first-order valence-corrected chi connectivity index (χ1v) is 5.67. The van der Waals surface area contributed by atoms with Gasteiger partial charge in [0.15, 0.2) is 0 Å². The predicted molar refractivity (Wildman–Crippen MR) is 64.1 cm³/mol. The second kappa shape index (κ2) is 5.95. The van der Waals surface area contributed by atoms with Crippen LogP contribution in [0.4, 0.5) is 5.69 Å². The number of aryl methyl sites for hydroxylation is 1. The highest BCUT2D eigenvalue weighted by atomic mass is 35.5. The van der Waals surface area contributed by atoms with Crippen LogP contribution in [-0.4, -0.2) is 27.1 Å². The summed E-state index contributed by atoms with van der Waals surface area (Å²) in [4.78, 5) is 10.1. The molecule has 0 aliphatic rings. The third-order valence-electron chi connectivity index (χ3n) is 2.41. The Labute approximate surface area is 104 Å². The molecule has 0 saturated heterocycles. The molecule has 0 aliphatic heterocycles. The summed E-state index contributed by atoms with van der Waals surface area (Å²) in [5.74, 6) is 0.214. The van der Waals surface area contributed by atoms with Gasteiger partial charge in [0.2, 0.25) is 0 Å². The molecule has 6 heteroatoms. The topological polar surface area (TPSA) is 83.6 Å². The highest BCUT2D eigenvalue weighted by Crippen LogP contribution is 2.25. The lowest BCUT2D eigenvalue weighted by Gasteiger charge is -2.17. The number of nitro benzene ring substituents is 1. The van der Waals surface area contributed by atoms with Crippen molar-refractivity contribution >= 4 is 17.3 Å². The number of halogens is 1. The van der Waals surface area contributed by atoms with E-state index in [0.717, 1.165) is 0 Å². The summed E-state index contributed by atoms with van der Waals surface area (Å²) in [5, 5.41) is 30.1. The SMILES string of the molecule is Cc1cc(C(O)C(O)CCCl)cc([N+](=O)[O-])c1. The number of nitro groups is 1. The summed E-state index contributed by atoms with van der Waals surface area (Å²) < 4.78 is 0. The number of rotatable bonds is 5. The first kappa shape index (κ1) is 13.9. The van der Waals surface area contributed by atoms with E-state index in [2.05, 4.69) is 0 Å². The molecule has 0 heterocycles. The van der Waals surface area contributed by atoms with E-state index in [0.29, 0.717) is 11.1 Å². The summed E-state index contributed by atoms with van der Waals surface area (Å²) >= 11 is 5.46. The number of alkyl halides is 1. The molecule has 1 aromatic carbocycles. The van der Waals surface area contributed by atoms with Crippen molar-refractivity contribution in [1.29, 1.82) is 0 Å². The van der Waals surface area contributed by atoms with Crippen molar-refractivity contribution in [2.45, 2.75) is 25.6 Å². The molecule has 0 saturated carbocycles. The molecule has 2 atom stereocenters. The van der Waals surface area contributed by atoms with Gasteiger partial charge in [0.1, 0.15) is 6.10 Å². The molecule has 1 aromatic rings. The van der Waals surface area contributed by atoms with Crippen LogP contribution >= 0.6 is 11.6 Å². The monoisotopic (exact) mass is 259 g/mol. The molecule has 5 nitrogen and oxygen atoms in total. The van der Waals surface area contributed by atoms with Crippen molar-refractivity contribution < 1.29 is 15.1 Å². The minimum atomic E-state index is -1.16. The largest absolute Gasteiger partial charge is 0.390 e. The van der Waals surface area contributed by atoms with Crippen molar-refractivity contribution in [1.82, 2.24) is 0 Å². The highest BCUT2D eigenvalue weighted by molar-refractivity contribution is 6.17. The van der Waals surface area contributed by atoms with Crippen LogP contribution in [0, 0.1) is 17.0 Å². The molecule has 0 spiro atoms. The van der Waals surface area contributed by atoms with Crippen LogP contribution in [0.3, 0.4) is 0 Å². The maximum atomic E-state index is 10.7. The van der Waals surface area contributed by atoms with Gasteiger partial charge in [-0.1, -0.05) is 6.07 Å². The van der Waals surface area contributed by atoms with E-state index < -0.39 is 17.1 Å². The van der Waals surface area contributed by atoms with Crippen LogP contribution < -0.4 is 0 Å². The van der Waals surface area contributed by atoms with E-state index in [4.69, 9.17) is 11.6 Å². The van der Waals surface area contributed by atoms with Gasteiger partial charge >= 0.3 is 0 Å². The van der Waals surface area contributed by atoms with Gasteiger partial charge in [0.05, 0.1) is 11.0 Å². The maximum Gasteiger partial charge on any atom is 0.270 e. The highest BCUT2D eigenvalue weighted by Gasteiger charge is 2.20. The second-order valence-electron chi connectivity index (χ2n) is 3.85. The smallest absolute Gasteiger partial charge is 0.270 e. The zero-order valence-corrected chi connectivity index (χ0v) is 10.1. The molecule has 94 valence electrons. The molecule has 0 aliphatic carbocycles. The van der Waals surface area contributed by atoms with Gasteiger partial charge in [-0.05, 0) is 24.5 Å². The normalized spacial score (nSPS) is 14.4. The lowest BCUT2D eigenvalue weighted by atomic mass is 10.00. The average Bonchev–Trinajstić information content (AvgIpc) is 2.27. The fourth-order valence-corrected chi connectivity index (χ4v) is 1.78. The molecule has 2 N–H and O–H groups in total. The van der Waals surface area contributed by atoms with Gasteiger partial charge in [-0.15, -0.1) is 11.6 Å². The van der Waals surface area contributed by atoms with E-state index in [1.54, 1.807) is 13.0 Å². The fourth-order valence-electron chi connectivity index (χ4n) is 1.56. The zero-order chi connectivity index (χ0) is 13.0. The van der Waals surface area contributed by atoms with E-state index >= 15 is 0 Å². The fraction of sp³-hybridized carbons (Fsp3) is 0.455. The van der Waals surface area contributed by atoms with Crippen molar-refractivity contribution in [3.8, 4) is 0 Å². The number of hydrogen-bond acceptors (Lipinski definition) is 4. The first-order valence-electron chi connectivity index (χ1n) is 5.13. The zero-order valence-electron chi connectivity index (χ0n) is 9.34. The van der Waals surface area contributed by atoms with E-state index in [1.807, 2.05) is 0 Å². The van der Waals surface area contributed by atoms with Gasteiger partial charge in [0.25, 0.3) is 5.69 Å². The Morgan fingerprint density at radius 3 is 2.59 bits per heavy atom. The molecular formula is C11H14ClNO4. The average molecular weight is 260 g/mol. The van der Waals surface area contributed by atoms with Crippen LogP contribution in [0.2, 0.25) is 0 Å². The third kappa shape index (κ3) is 3.66. The Balaban J connectivity index is 3.01. The third-order valence-corrected chi connectivity index (χ3v) is 2.62. The number of non-ortho nitro benzene ring substituents is 1. The van der Waals surface area contributed by atoms with Crippen LogP contribution in [0.15, 0.2) is 18.2 Å². The number of nitrogens with zero attached hydrogens (tertiary/aromatic N) is 1. The summed E-state index contributed by atoms with van der Waals surface area (Å²) in [6, 6.07) is 4.27. The van der Waals surface area contributed by atoms with Gasteiger partial charge in [-0.25, -0.2) is 0 Å². The minimum absolute atomic E-state index is 0.0999. The minimum Gasteiger partial charge on any atom is -0.390 e. The van der Waals surface area contributed by atoms with Gasteiger partial charge < -0.3 is 10.2 Å². The number of hydrogen-bond donors (Lipinski definition) is 2. The van der Waals surface area contributed by atoms with Crippen molar-refractivity contribution in [3.63, 3.8) is 0 Å². The van der Waals surface area contributed by atoms with E-state index in [1.165, 1.54) is 12.1 Å². The quantitative estimate of drug-likeness (QED) is 0.481. The number of aliphatic hydroxyl groups excluding tert-OH is 2. The molecule has 0 aromatic heterocycles. The Hall–Kier alpha value is -1.17. The maximum absolute atomic E-state index is 10.7. The molecule has 0 fully saturated rings. The Morgan fingerprint density at radius 2 is 2.06 bits per heavy atom. The molecule has 2 unspecified atom stereocenters. The molecule has 17 heavy (non-hydrogen) atoms. The Morgan fingerprint density at radius 1 is 1.41 bits per heavy atom. The summed E-state index contributed by atoms with van der Waals surface area (Å²) in [6.07, 6.45) is -1.95. The van der Waals surface area contributed by atoms with Crippen molar-refractivity contribution in [3.05, 3.63) is 39.4 Å². The second-order valence-corrected chi connectivity index (χ2v) is 4.23. The Kier molecular flexibility index (Phi) is 4.86. The standard InChI is InChI=1S/C11H14ClNO4/c1-7-4-8(6-9(5-7)13(16)17)11(15)10(14)2-3-12/h4-6,10-11,14-15H,2-3H2,1H3. The summed E-state index contributed by atoms with van der Waals surface area (Å²) in [5.41, 5.74) is 0.887. The summed E-state index contributed by atoms with van der Waals surface area (Å²) in [6.45, 7) is 1.69. The van der Waals surface area contributed by atoms with Gasteiger partial charge in [-0.3, -0.25) is 10.1 Å². The number of aliphatic hydroxyl groups is 2. The lowest BCUT2D eigenvalue weighted by molar-refractivity contribution is -0.385. The summed E-state index contributed by atoms with van der Waals surface area (Å²) in [7, 11) is 0. The molecule has 0 radical (unpaired) electrons. The first-order chi connectivity index (χ1) is 7.95. The number of benzene rings is 1. The van der Waals surface area contributed by atoms with Crippen LogP contribution in [0.5, 0.6) is 0 Å².